The van der Waals surface area contributed by atoms with Crippen molar-refractivity contribution in [2.24, 2.45) is 5.92 Å². The van der Waals surface area contributed by atoms with E-state index in [4.69, 9.17) is 5.11 Å². The van der Waals surface area contributed by atoms with E-state index in [-0.39, 0.29) is 59.0 Å². The van der Waals surface area contributed by atoms with Gasteiger partial charge in [-0.1, -0.05) is 0 Å². The number of allylic oxidation sites excluding steroid dienone is 1. The molecule has 2 atom stereocenters. The average Bonchev–Trinajstić information content (AvgIpc) is 2.53. The molecular formula is C9H10N2NaO4S. The second-order valence-electron chi connectivity index (χ2n) is 3.56. The summed E-state index contributed by atoms with van der Waals surface area (Å²) in [5.41, 5.74) is 0.0716. The number of amides is 2. The van der Waals surface area contributed by atoms with E-state index in [1.54, 1.807) is 6.92 Å². The molecule has 8 heteroatoms. The zero-order valence-electron chi connectivity index (χ0n) is 9.47. The Morgan fingerprint density at radius 3 is 2.82 bits per heavy atom. The fraction of sp³-hybridized carbons (Fsp3) is 0.444. The van der Waals surface area contributed by atoms with Crippen LogP contribution in [-0.4, -0.2) is 69.8 Å². The van der Waals surface area contributed by atoms with Crippen molar-refractivity contribution in [3.8, 4) is 0 Å². The first-order chi connectivity index (χ1) is 7.57. The number of carbonyl (C=O) groups excluding carboxylic acids is 2. The van der Waals surface area contributed by atoms with Crippen LogP contribution in [0.25, 0.3) is 0 Å². The standard InChI is InChI=1S/C9H10N2O4S.Na/c1-4-6(9(14)15)11-7(13)5(2-10-3-12)8(11)16-4;/h3,5,8H,2H2,1H3,(H,10,12)(H,14,15);/t5?,8-;/m1./s1. The van der Waals surface area contributed by atoms with Gasteiger partial charge < -0.3 is 10.4 Å². The van der Waals surface area contributed by atoms with E-state index in [9.17, 15) is 14.4 Å². The molecule has 0 bridgehead atoms. The van der Waals surface area contributed by atoms with E-state index < -0.39 is 5.97 Å². The SMILES string of the molecule is CC1=C(C(=O)O)N2C(=O)C(CNC=O)[C@H]2S1.[Na]. The quantitative estimate of drug-likeness (QED) is 0.395. The normalized spacial score (nSPS) is 25.9. The van der Waals surface area contributed by atoms with Gasteiger partial charge in [-0.05, 0) is 6.92 Å². The summed E-state index contributed by atoms with van der Waals surface area (Å²) in [6.45, 7) is 1.95. The molecule has 1 unspecified atom stereocenters. The predicted molar refractivity (Wildman–Crippen MR) is 61.9 cm³/mol. The molecule has 0 saturated carbocycles. The minimum absolute atomic E-state index is 0. The number of carboxylic acid groups (broad SMARTS) is 1. The van der Waals surface area contributed by atoms with Crippen LogP contribution in [0.5, 0.6) is 0 Å². The third-order valence-electron chi connectivity index (χ3n) is 2.65. The van der Waals surface area contributed by atoms with E-state index in [2.05, 4.69) is 5.32 Å². The van der Waals surface area contributed by atoms with Gasteiger partial charge >= 0.3 is 5.97 Å². The molecule has 6 nitrogen and oxygen atoms in total. The number of hydrogen-bond acceptors (Lipinski definition) is 4. The second kappa shape index (κ2) is 5.43. The van der Waals surface area contributed by atoms with Crippen molar-refractivity contribution >= 4 is 59.6 Å². The molecule has 0 aromatic heterocycles. The molecule has 2 heterocycles. The van der Waals surface area contributed by atoms with E-state index in [1.165, 1.54) is 16.7 Å². The van der Waals surface area contributed by atoms with Crippen molar-refractivity contribution in [3.63, 3.8) is 0 Å². The van der Waals surface area contributed by atoms with Gasteiger partial charge in [0.15, 0.2) is 0 Å². The number of hydrogen-bond donors (Lipinski definition) is 2. The Balaban J connectivity index is 0.00000144. The molecule has 1 saturated heterocycles. The zero-order valence-corrected chi connectivity index (χ0v) is 12.3. The molecule has 2 aliphatic heterocycles. The summed E-state index contributed by atoms with van der Waals surface area (Å²) in [5, 5.41) is 11.2. The molecule has 2 amide bonds. The summed E-state index contributed by atoms with van der Waals surface area (Å²) in [5.74, 6) is -1.63. The van der Waals surface area contributed by atoms with Gasteiger partial charge in [-0.15, -0.1) is 11.8 Å². The number of fused-ring (bicyclic) bond motifs is 1. The Morgan fingerprint density at radius 2 is 2.29 bits per heavy atom. The van der Waals surface area contributed by atoms with Gasteiger partial charge in [-0.25, -0.2) is 4.79 Å². The van der Waals surface area contributed by atoms with E-state index in [1.807, 2.05) is 0 Å². The smallest absolute Gasteiger partial charge is 0.353 e. The molecule has 0 aromatic carbocycles. The van der Waals surface area contributed by atoms with Crippen molar-refractivity contribution in [3.05, 3.63) is 10.6 Å². The van der Waals surface area contributed by atoms with Crippen LogP contribution in [0.15, 0.2) is 10.6 Å². The van der Waals surface area contributed by atoms with E-state index >= 15 is 0 Å². The monoisotopic (exact) mass is 265 g/mol. The Kier molecular flexibility index (Phi) is 4.65. The van der Waals surface area contributed by atoms with Crippen LogP contribution in [0.2, 0.25) is 0 Å². The van der Waals surface area contributed by atoms with Gasteiger partial charge in [0.05, 0.1) is 5.92 Å². The minimum Gasteiger partial charge on any atom is -0.477 e. The molecule has 0 aromatic rings. The van der Waals surface area contributed by atoms with Crippen LogP contribution >= 0.6 is 11.8 Å². The van der Waals surface area contributed by atoms with Crippen molar-refractivity contribution in [1.82, 2.24) is 10.2 Å². The Morgan fingerprint density at radius 1 is 1.65 bits per heavy atom. The van der Waals surface area contributed by atoms with Gasteiger partial charge in [0.2, 0.25) is 12.3 Å². The van der Waals surface area contributed by atoms with Crippen molar-refractivity contribution in [1.29, 1.82) is 0 Å². The van der Waals surface area contributed by atoms with Crippen molar-refractivity contribution in [2.45, 2.75) is 12.3 Å². The third-order valence-corrected chi connectivity index (χ3v) is 3.98. The Bertz CT molecular complexity index is 412. The maximum absolute atomic E-state index is 11.7. The van der Waals surface area contributed by atoms with E-state index in [0.717, 1.165) is 0 Å². The maximum atomic E-state index is 11.7. The Labute approximate surface area is 124 Å². The van der Waals surface area contributed by atoms with Crippen LogP contribution in [0.1, 0.15) is 6.92 Å². The number of nitrogens with zero attached hydrogens (tertiary/aromatic N) is 1. The molecule has 2 aliphatic rings. The third kappa shape index (κ3) is 2.24. The van der Waals surface area contributed by atoms with Crippen LogP contribution in [0.4, 0.5) is 0 Å². The molecule has 0 aliphatic carbocycles. The first-order valence-corrected chi connectivity index (χ1v) is 5.56. The van der Waals surface area contributed by atoms with Crippen LogP contribution in [0.3, 0.4) is 0 Å². The molecule has 1 fully saturated rings. The minimum atomic E-state index is -1.08. The summed E-state index contributed by atoms with van der Waals surface area (Å²) in [6, 6.07) is 0. The number of aliphatic carboxylic acids is 1. The number of carboxylic acids is 1. The van der Waals surface area contributed by atoms with Crippen LogP contribution < -0.4 is 5.32 Å². The van der Waals surface area contributed by atoms with Crippen LogP contribution in [-0.2, 0) is 14.4 Å². The maximum Gasteiger partial charge on any atom is 0.353 e. The van der Waals surface area contributed by atoms with Gasteiger partial charge in [-0.3, -0.25) is 14.5 Å². The molecule has 2 N–H and O–H groups in total. The van der Waals surface area contributed by atoms with Gasteiger partial charge in [0, 0.05) is 41.0 Å². The van der Waals surface area contributed by atoms with Crippen molar-refractivity contribution < 1.29 is 19.5 Å². The predicted octanol–water partition coefficient (Wildman–Crippen LogP) is -0.801. The number of rotatable bonds is 4. The van der Waals surface area contributed by atoms with Crippen LogP contribution in [0, 0.1) is 5.92 Å². The largest absolute Gasteiger partial charge is 0.477 e. The topological polar surface area (TPSA) is 86.7 Å². The van der Waals surface area contributed by atoms with Gasteiger partial charge in [0.1, 0.15) is 11.1 Å². The zero-order chi connectivity index (χ0) is 11.9. The average molecular weight is 265 g/mol. The molecular weight excluding hydrogens is 255 g/mol. The first-order valence-electron chi connectivity index (χ1n) is 4.69. The van der Waals surface area contributed by atoms with Crippen molar-refractivity contribution in [2.75, 3.05) is 6.54 Å². The van der Waals surface area contributed by atoms with Gasteiger partial charge in [0.25, 0.3) is 0 Å². The Hall–Kier alpha value is -0.500. The fourth-order valence-electron chi connectivity index (χ4n) is 1.92. The molecule has 1 radical (unpaired) electrons. The molecule has 17 heavy (non-hydrogen) atoms. The van der Waals surface area contributed by atoms with E-state index in [0.29, 0.717) is 11.3 Å². The van der Waals surface area contributed by atoms with Gasteiger partial charge in [-0.2, -0.15) is 0 Å². The first kappa shape index (κ1) is 14.6. The summed E-state index contributed by atoms with van der Waals surface area (Å²) in [7, 11) is 0. The number of nitrogens with one attached hydrogen (secondary N) is 1. The fourth-order valence-corrected chi connectivity index (χ4v) is 3.27. The summed E-state index contributed by atoms with van der Waals surface area (Å²) in [4.78, 5) is 34.7. The number of thioether (sulfide) groups is 1. The molecule has 0 spiro atoms. The number of carbonyl (C=O) groups is 3. The second-order valence-corrected chi connectivity index (χ2v) is 4.89. The summed E-state index contributed by atoms with van der Waals surface area (Å²) >= 11 is 1.36. The number of β-lactam (4-membered cyclic amide) rings is 1. The summed E-state index contributed by atoms with van der Waals surface area (Å²) in [6.07, 6.45) is 0.536. The summed E-state index contributed by atoms with van der Waals surface area (Å²) < 4.78 is 0. The molecule has 2 rings (SSSR count). The molecule has 87 valence electrons.